The first-order chi connectivity index (χ1) is 9.32. The molecule has 1 aliphatic rings. The van der Waals surface area contributed by atoms with Gasteiger partial charge in [0.05, 0.1) is 4.90 Å². The second-order valence-corrected chi connectivity index (χ2v) is 7.65. The highest BCUT2D eigenvalue weighted by Crippen LogP contribution is 2.25. The van der Waals surface area contributed by atoms with E-state index < -0.39 is 10.0 Å². The van der Waals surface area contributed by atoms with E-state index in [4.69, 9.17) is 0 Å². The molecule has 0 spiro atoms. The third kappa shape index (κ3) is 3.05. The van der Waals surface area contributed by atoms with Gasteiger partial charge in [-0.1, -0.05) is 17.7 Å². The molecule has 1 aliphatic heterocycles. The molecule has 1 unspecified atom stereocenters. The molecule has 0 aromatic heterocycles. The molecule has 5 heteroatoms. The van der Waals surface area contributed by atoms with Crippen LogP contribution in [-0.2, 0) is 10.0 Å². The van der Waals surface area contributed by atoms with Crippen molar-refractivity contribution in [3.8, 4) is 0 Å². The molecular weight excluding hydrogens is 272 g/mol. The van der Waals surface area contributed by atoms with Gasteiger partial charge in [0.2, 0.25) is 10.0 Å². The average Bonchev–Trinajstić information content (AvgIpc) is 2.52. The molecule has 20 heavy (non-hydrogen) atoms. The monoisotopic (exact) mass is 296 g/mol. The number of aryl methyl sites for hydroxylation is 3. The van der Waals surface area contributed by atoms with Crippen LogP contribution in [0.2, 0.25) is 0 Å². The van der Waals surface area contributed by atoms with E-state index in [1.165, 1.54) is 0 Å². The Balaban J connectivity index is 2.40. The Morgan fingerprint density at radius 1 is 1.15 bits per heavy atom. The molecule has 0 saturated carbocycles. The van der Waals surface area contributed by atoms with Crippen LogP contribution in [0.5, 0.6) is 0 Å². The molecule has 1 saturated heterocycles. The van der Waals surface area contributed by atoms with Crippen molar-refractivity contribution in [1.82, 2.24) is 9.62 Å². The first-order valence-electron chi connectivity index (χ1n) is 7.14. The van der Waals surface area contributed by atoms with Crippen molar-refractivity contribution in [3.63, 3.8) is 0 Å². The van der Waals surface area contributed by atoms with Crippen molar-refractivity contribution in [2.45, 2.75) is 45.1 Å². The summed E-state index contributed by atoms with van der Waals surface area (Å²) < 4.78 is 27.4. The van der Waals surface area contributed by atoms with Crippen LogP contribution in [0.4, 0.5) is 0 Å². The Labute approximate surface area is 122 Å². The molecule has 0 amide bonds. The summed E-state index contributed by atoms with van der Waals surface area (Å²) in [4.78, 5) is 0.484. The third-order valence-corrected chi connectivity index (χ3v) is 6.07. The zero-order valence-corrected chi connectivity index (χ0v) is 13.5. The topological polar surface area (TPSA) is 49.4 Å². The third-order valence-electron chi connectivity index (χ3n) is 3.87. The number of rotatable bonds is 2. The summed E-state index contributed by atoms with van der Waals surface area (Å²) in [5.41, 5.74) is 2.78. The number of sulfonamides is 1. The van der Waals surface area contributed by atoms with Crippen molar-refractivity contribution in [3.05, 3.63) is 28.8 Å². The minimum absolute atomic E-state index is 0.371. The van der Waals surface area contributed by atoms with Crippen molar-refractivity contribution >= 4 is 10.0 Å². The number of hydrogen-bond acceptors (Lipinski definition) is 3. The lowest BCUT2D eigenvalue weighted by atomic mass is 10.1. The molecule has 2 rings (SSSR count). The maximum Gasteiger partial charge on any atom is 0.243 e. The highest BCUT2D eigenvalue weighted by molar-refractivity contribution is 7.89. The maximum atomic E-state index is 12.9. The van der Waals surface area contributed by atoms with Gasteiger partial charge in [0.1, 0.15) is 0 Å². The minimum Gasteiger partial charge on any atom is -0.313 e. The number of hydrogen-bond donors (Lipinski definition) is 1. The summed E-state index contributed by atoms with van der Waals surface area (Å²) in [6, 6.07) is 4.26. The quantitative estimate of drug-likeness (QED) is 0.908. The van der Waals surface area contributed by atoms with E-state index in [-0.39, 0.29) is 0 Å². The van der Waals surface area contributed by atoms with Crippen molar-refractivity contribution in [1.29, 1.82) is 0 Å². The van der Waals surface area contributed by atoms with Crippen LogP contribution < -0.4 is 5.32 Å². The van der Waals surface area contributed by atoms with Crippen LogP contribution in [0.1, 0.15) is 30.0 Å². The second-order valence-electron chi connectivity index (χ2n) is 5.78. The average molecular weight is 296 g/mol. The lowest BCUT2D eigenvalue weighted by Crippen LogP contribution is -2.35. The van der Waals surface area contributed by atoms with Gasteiger partial charge in [0.25, 0.3) is 0 Å². The molecule has 1 atom stereocenters. The molecule has 0 radical (unpaired) electrons. The number of benzene rings is 1. The van der Waals surface area contributed by atoms with Gasteiger partial charge in [-0.05, 0) is 45.2 Å². The molecule has 1 N–H and O–H groups in total. The fourth-order valence-corrected chi connectivity index (χ4v) is 4.80. The fraction of sp³-hybridized carbons (Fsp3) is 0.600. The standard InChI is InChI=1S/C15H24N2O2S/c1-11-9-12(2)15(13(3)10-11)20(18,19)17-7-5-14(4)16-6-8-17/h9-10,14,16H,5-8H2,1-4H3. The highest BCUT2D eigenvalue weighted by atomic mass is 32.2. The fourth-order valence-electron chi connectivity index (χ4n) is 2.93. The van der Waals surface area contributed by atoms with E-state index in [2.05, 4.69) is 12.2 Å². The smallest absolute Gasteiger partial charge is 0.243 e. The Hall–Kier alpha value is -0.910. The van der Waals surface area contributed by atoms with E-state index in [1.807, 2.05) is 32.9 Å². The summed E-state index contributed by atoms with van der Waals surface area (Å²) in [7, 11) is -3.39. The molecule has 1 aromatic rings. The van der Waals surface area contributed by atoms with E-state index in [9.17, 15) is 8.42 Å². The van der Waals surface area contributed by atoms with Crippen molar-refractivity contribution < 1.29 is 8.42 Å². The lowest BCUT2D eigenvalue weighted by molar-refractivity contribution is 0.428. The van der Waals surface area contributed by atoms with E-state index >= 15 is 0 Å². The molecule has 1 aromatic carbocycles. The molecule has 1 heterocycles. The predicted molar refractivity (Wildman–Crippen MR) is 81.5 cm³/mol. The summed E-state index contributed by atoms with van der Waals surface area (Å²) in [5.74, 6) is 0. The zero-order valence-electron chi connectivity index (χ0n) is 12.7. The van der Waals surface area contributed by atoms with Gasteiger partial charge >= 0.3 is 0 Å². The first-order valence-corrected chi connectivity index (χ1v) is 8.58. The van der Waals surface area contributed by atoms with Gasteiger partial charge in [-0.15, -0.1) is 0 Å². The van der Waals surface area contributed by atoms with E-state index in [1.54, 1.807) is 4.31 Å². The minimum atomic E-state index is -3.39. The van der Waals surface area contributed by atoms with E-state index in [0.717, 1.165) is 23.1 Å². The summed E-state index contributed by atoms with van der Waals surface area (Å²) in [5, 5.41) is 3.33. The predicted octanol–water partition coefficient (Wildman–Crippen LogP) is 1.98. The van der Waals surface area contributed by atoms with Gasteiger partial charge in [-0.3, -0.25) is 0 Å². The van der Waals surface area contributed by atoms with Gasteiger partial charge in [-0.2, -0.15) is 4.31 Å². The Morgan fingerprint density at radius 3 is 2.35 bits per heavy atom. The van der Waals surface area contributed by atoms with Crippen LogP contribution in [0, 0.1) is 20.8 Å². The van der Waals surface area contributed by atoms with Gasteiger partial charge in [0, 0.05) is 25.7 Å². The Morgan fingerprint density at radius 2 is 1.75 bits per heavy atom. The normalized spacial score (nSPS) is 21.7. The summed E-state index contributed by atoms with van der Waals surface area (Å²) in [6.45, 7) is 9.69. The van der Waals surface area contributed by atoms with Crippen LogP contribution in [-0.4, -0.2) is 38.4 Å². The molecule has 112 valence electrons. The summed E-state index contributed by atoms with van der Waals surface area (Å²) in [6.07, 6.45) is 0.850. The second kappa shape index (κ2) is 5.84. The van der Waals surface area contributed by atoms with Crippen LogP contribution in [0.3, 0.4) is 0 Å². The van der Waals surface area contributed by atoms with Gasteiger partial charge in [0.15, 0.2) is 0 Å². The molecule has 0 aliphatic carbocycles. The van der Waals surface area contributed by atoms with Crippen LogP contribution >= 0.6 is 0 Å². The number of nitrogens with one attached hydrogen (secondary N) is 1. The SMILES string of the molecule is Cc1cc(C)c(S(=O)(=O)N2CCNC(C)CC2)c(C)c1. The van der Waals surface area contributed by atoms with Crippen LogP contribution in [0.15, 0.2) is 17.0 Å². The lowest BCUT2D eigenvalue weighted by Gasteiger charge is -2.22. The van der Waals surface area contributed by atoms with Crippen molar-refractivity contribution in [2.24, 2.45) is 0 Å². The van der Waals surface area contributed by atoms with Crippen LogP contribution in [0.25, 0.3) is 0 Å². The maximum absolute atomic E-state index is 12.9. The Bertz CT molecular complexity index is 573. The van der Waals surface area contributed by atoms with E-state index in [0.29, 0.717) is 30.6 Å². The summed E-state index contributed by atoms with van der Waals surface area (Å²) >= 11 is 0. The Kier molecular flexibility index (Phi) is 4.52. The van der Waals surface area contributed by atoms with Crippen molar-refractivity contribution in [2.75, 3.05) is 19.6 Å². The first kappa shape index (κ1) is 15.5. The highest BCUT2D eigenvalue weighted by Gasteiger charge is 2.29. The zero-order chi connectivity index (χ0) is 14.9. The molecular formula is C15H24N2O2S. The molecule has 4 nitrogen and oxygen atoms in total. The van der Waals surface area contributed by atoms with Gasteiger partial charge < -0.3 is 5.32 Å². The number of nitrogens with zero attached hydrogens (tertiary/aromatic N) is 1. The molecule has 1 fully saturated rings. The molecule has 0 bridgehead atoms. The largest absolute Gasteiger partial charge is 0.313 e. The van der Waals surface area contributed by atoms with Gasteiger partial charge in [-0.25, -0.2) is 8.42 Å².